The number of benzene rings is 1. The van der Waals surface area contributed by atoms with Crippen LogP contribution in [-0.2, 0) is 16.2 Å². The monoisotopic (exact) mass is 345 g/mol. The van der Waals surface area contributed by atoms with Gasteiger partial charge in [0.05, 0.1) is 31.3 Å². The lowest BCUT2D eigenvalue weighted by atomic mass is 9.96. The molecule has 2 aliphatic heterocycles. The Morgan fingerprint density at radius 2 is 1.96 bits per heavy atom. The van der Waals surface area contributed by atoms with E-state index in [4.69, 9.17) is 9.15 Å². The van der Waals surface area contributed by atoms with Gasteiger partial charge in [-0.1, -0.05) is 12.1 Å². The lowest BCUT2D eigenvalue weighted by Crippen LogP contribution is -2.48. The van der Waals surface area contributed by atoms with Crippen molar-refractivity contribution in [3.8, 4) is 0 Å². The first-order valence-electron chi connectivity index (χ1n) is 8.89. The van der Waals surface area contributed by atoms with Gasteiger partial charge >= 0.3 is 5.76 Å². The van der Waals surface area contributed by atoms with Gasteiger partial charge in [0.25, 0.3) is 0 Å². The number of likely N-dealkylation sites (tertiary alicyclic amines) is 1. The molecule has 134 valence electrons. The highest BCUT2D eigenvalue weighted by atomic mass is 16.5. The van der Waals surface area contributed by atoms with Crippen molar-refractivity contribution in [1.82, 2.24) is 14.4 Å². The largest absolute Gasteiger partial charge is 0.421 e. The zero-order valence-electron chi connectivity index (χ0n) is 14.2. The van der Waals surface area contributed by atoms with Crippen molar-refractivity contribution in [2.24, 2.45) is 5.92 Å². The summed E-state index contributed by atoms with van der Waals surface area (Å²) in [6.45, 7) is 4.64. The van der Waals surface area contributed by atoms with Crippen LogP contribution >= 0.6 is 0 Å². The van der Waals surface area contributed by atoms with Gasteiger partial charge in [-0.15, -0.1) is 0 Å². The number of hydrogen-bond acceptors (Lipinski definition) is 5. The number of oxazole rings is 1. The molecule has 1 aromatic carbocycles. The number of rotatable bonds is 3. The van der Waals surface area contributed by atoms with Crippen molar-refractivity contribution in [2.75, 3.05) is 39.4 Å². The summed E-state index contributed by atoms with van der Waals surface area (Å²) < 4.78 is 12.3. The minimum absolute atomic E-state index is 0.000664. The summed E-state index contributed by atoms with van der Waals surface area (Å²) in [6, 6.07) is 7.44. The number of carbonyl (C=O) groups excluding carboxylic acids is 1. The van der Waals surface area contributed by atoms with E-state index in [2.05, 4.69) is 4.90 Å². The van der Waals surface area contributed by atoms with Crippen molar-refractivity contribution in [2.45, 2.75) is 19.5 Å². The number of morpholine rings is 1. The average Bonchev–Trinajstić information content (AvgIpc) is 2.97. The molecule has 3 heterocycles. The fourth-order valence-electron chi connectivity index (χ4n) is 3.78. The first-order chi connectivity index (χ1) is 12.2. The van der Waals surface area contributed by atoms with Crippen LogP contribution in [0.25, 0.3) is 11.1 Å². The number of ether oxygens (including phenoxy) is 1. The van der Waals surface area contributed by atoms with Crippen LogP contribution in [0.15, 0.2) is 33.5 Å². The minimum atomic E-state index is -0.345. The second-order valence-electron chi connectivity index (χ2n) is 6.76. The number of para-hydroxylation sites is 2. The number of nitrogens with zero attached hydrogens (tertiary/aromatic N) is 3. The quantitative estimate of drug-likeness (QED) is 0.834. The predicted molar refractivity (Wildman–Crippen MR) is 92.2 cm³/mol. The van der Waals surface area contributed by atoms with E-state index < -0.39 is 0 Å². The minimum Gasteiger partial charge on any atom is -0.408 e. The third-order valence-corrected chi connectivity index (χ3v) is 5.09. The van der Waals surface area contributed by atoms with Crippen molar-refractivity contribution in [3.63, 3.8) is 0 Å². The second-order valence-corrected chi connectivity index (χ2v) is 6.76. The van der Waals surface area contributed by atoms with E-state index in [1.54, 1.807) is 10.6 Å². The molecule has 0 bridgehead atoms. The van der Waals surface area contributed by atoms with Gasteiger partial charge in [-0.25, -0.2) is 4.79 Å². The van der Waals surface area contributed by atoms with Gasteiger partial charge in [0.2, 0.25) is 5.91 Å². The van der Waals surface area contributed by atoms with E-state index in [1.807, 2.05) is 23.1 Å². The van der Waals surface area contributed by atoms with Gasteiger partial charge in [-0.05, 0) is 31.5 Å². The lowest BCUT2D eigenvalue weighted by Gasteiger charge is -2.36. The summed E-state index contributed by atoms with van der Waals surface area (Å²) in [5, 5.41) is 0. The van der Waals surface area contributed by atoms with Gasteiger partial charge in [0.1, 0.15) is 0 Å². The molecule has 1 atom stereocenters. The van der Waals surface area contributed by atoms with Crippen molar-refractivity contribution in [3.05, 3.63) is 34.8 Å². The van der Waals surface area contributed by atoms with Gasteiger partial charge in [-0.2, -0.15) is 0 Å². The lowest BCUT2D eigenvalue weighted by molar-refractivity contribution is -0.141. The topological polar surface area (TPSA) is 67.9 Å². The Morgan fingerprint density at radius 3 is 2.80 bits per heavy atom. The molecule has 7 heteroatoms. The number of carbonyl (C=O) groups is 1. The maximum absolute atomic E-state index is 12.7. The number of piperidine rings is 1. The maximum Gasteiger partial charge on any atom is 0.421 e. The summed E-state index contributed by atoms with van der Waals surface area (Å²) >= 11 is 0. The Hall–Kier alpha value is -2.12. The molecular weight excluding hydrogens is 322 g/mol. The highest BCUT2D eigenvalue weighted by Crippen LogP contribution is 2.21. The van der Waals surface area contributed by atoms with Crippen LogP contribution < -0.4 is 5.76 Å². The zero-order valence-corrected chi connectivity index (χ0v) is 14.2. The fraction of sp³-hybridized carbons (Fsp3) is 0.556. The summed E-state index contributed by atoms with van der Waals surface area (Å²) in [5.41, 5.74) is 1.40. The number of fused-ring (bicyclic) bond motifs is 1. The second kappa shape index (κ2) is 7.01. The van der Waals surface area contributed by atoms with E-state index >= 15 is 0 Å². The van der Waals surface area contributed by atoms with Gasteiger partial charge in [-0.3, -0.25) is 14.3 Å². The highest BCUT2D eigenvalue weighted by molar-refractivity contribution is 5.79. The van der Waals surface area contributed by atoms with E-state index in [1.165, 1.54) is 0 Å². The Kier molecular flexibility index (Phi) is 4.59. The summed E-state index contributed by atoms with van der Waals surface area (Å²) in [7, 11) is 0. The molecule has 0 aliphatic carbocycles. The van der Waals surface area contributed by atoms with Crippen LogP contribution in [-0.4, -0.2) is 59.7 Å². The molecule has 25 heavy (non-hydrogen) atoms. The molecule has 0 N–H and O–H groups in total. The van der Waals surface area contributed by atoms with Crippen molar-refractivity contribution < 1.29 is 13.9 Å². The molecule has 2 fully saturated rings. The van der Waals surface area contributed by atoms with Crippen LogP contribution in [0.4, 0.5) is 0 Å². The maximum atomic E-state index is 12.7. The summed E-state index contributed by atoms with van der Waals surface area (Å²) in [5.74, 6) is -0.124. The van der Waals surface area contributed by atoms with Crippen LogP contribution in [0.5, 0.6) is 0 Å². The van der Waals surface area contributed by atoms with Gasteiger partial charge < -0.3 is 14.1 Å². The number of hydrogen-bond donors (Lipinski definition) is 0. The molecular formula is C18H23N3O4. The molecule has 1 aromatic heterocycles. The van der Waals surface area contributed by atoms with E-state index in [0.29, 0.717) is 45.1 Å². The summed E-state index contributed by atoms with van der Waals surface area (Å²) in [6.07, 6.45) is 1.87. The molecule has 1 amide bonds. The van der Waals surface area contributed by atoms with Gasteiger partial charge in [0, 0.05) is 19.6 Å². The molecule has 0 spiro atoms. The van der Waals surface area contributed by atoms with E-state index in [0.717, 1.165) is 24.9 Å². The van der Waals surface area contributed by atoms with Crippen LogP contribution in [0, 0.1) is 5.92 Å². The molecule has 2 aliphatic rings. The van der Waals surface area contributed by atoms with E-state index in [-0.39, 0.29) is 17.6 Å². The first-order valence-corrected chi connectivity index (χ1v) is 8.89. The Bertz CT molecular complexity index is 806. The third kappa shape index (κ3) is 3.34. The fourth-order valence-corrected chi connectivity index (χ4v) is 3.78. The predicted octanol–water partition coefficient (Wildman–Crippen LogP) is 1.12. The number of aromatic nitrogens is 1. The smallest absolute Gasteiger partial charge is 0.408 e. The molecule has 0 saturated carbocycles. The summed E-state index contributed by atoms with van der Waals surface area (Å²) in [4.78, 5) is 29.0. The third-order valence-electron chi connectivity index (χ3n) is 5.09. The van der Waals surface area contributed by atoms with Crippen molar-refractivity contribution >= 4 is 17.0 Å². The highest BCUT2D eigenvalue weighted by Gasteiger charge is 2.30. The molecule has 0 radical (unpaired) electrons. The first kappa shape index (κ1) is 16.4. The zero-order chi connectivity index (χ0) is 17.2. The Morgan fingerprint density at radius 1 is 1.16 bits per heavy atom. The van der Waals surface area contributed by atoms with Crippen LogP contribution in [0.2, 0.25) is 0 Å². The van der Waals surface area contributed by atoms with Gasteiger partial charge in [0.15, 0.2) is 5.58 Å². The normalized spacial score (nSPS) is 22.4. The Balaban J connectivity index is 1.46. The average molecular weight is 345 g/mol. The molecule has 0 unspecified atom stereocenters. The van der Waals surface area contributed by atoms with Crippen LogP contribution in [0.3, 0.4) is 0 Å². The number of amides is 1. The molecule has 2 aromatic rings. The molecule has 7 nitrogen and oxygen atoms in total. The molecule has 2 saturated heterocycles. The van der Waals surface area contributed by atoms with Crippen LogP contribution in [0.1, 0.15) is 12.8 Å². The Labute approximate surface area is 145 Å². The van der Waals surface area contributed by atoms with E-state index in [9.17, 15) is 9.59 Å². The SMILES string of the molecule is O=C([C@@H]1CCCN(Cn2c(=O)oc3ccccc32)C1)N1CCOCC1. The molecule has 4 rings (SSSR count). The van der Waals surface area contributed by atoms with Crippen molar-refractivity contribution in [1.29, 1.82) is 0 Å². The standard InChI is InChI=1S/C18H23N3O4/c22-17(20-8-10-24-11-9-20)14-4-3-7-19(12-14)13-21-15-5-1-2-6-16(15)25-18(21)23/h1-2,5-6,14H,3-4,7-13H2/t14-/m1/s1.